The molecule has 1 heterocycles. The molecule has 1 N–H and O–H groups in total. The lowest BCUT2D eigenvalue weighted by molar-refractivity contribution is -0.123. The van der Waals surface area contributed by atoms with Crippen LogP contribution in [0, 0.1) is 17.3 Å². The summed E-state index contributed by atoms with van der Waals surface area (Å²) in [6.07, 6.45) is 5.88. The Morgan fingerprint density at radius 3 is 2.70 bits per heavy atom. The molecular formula is C19H28N2O2. The van der Waals surface area contributed by atoms with Gasteiger partial charge in [0, 0.05) is 18.8 Å². The lowest BCUT2D eigenvalue weighted by Crippen LogP contribution is -2.28. The Morgan fingerprint density at radius 1 is 1.39 bits per heavy atom. The van der Waals surface area contributed by atoms with Crippen molar-refractivity contribution < 1.29 is 9.53 Å². The van der Waals surface area contributed by atoms with Gasteiger partial charge in [0.2, 0.25) is 11.8 Å². The zero-order chi connectivity index (χ0) is 17.0. The number of aromatic nitrogens is 1. The van der Waals surface area contributed by atoms with Crippen molar-refractivity contribution >= 4 is 5.91 Å². The van der Waals surface area contributed by atoms with E-state index in [4.69, 9.17) is 4.74 Å². The number of nitrogens with zero attached hydrogens (tertiary/aromatic N) is 1. The second-order valence-electron chi connectivity index (χ2n) is 7.17. The number of methoxy groups -OCH3 is 1. The van der Waals surface area contributed by atoms with E-state index in [1.165, 1.54) is 5.57 Å². The molecule has 1 saturated carbocycles. The molecule has 1 aliphatic carbocycles. The van der Waals surface area contributed by atoms with Crippen LogP contribution in [0.2, 0.25) is 0 Å². The normalized spacial score (nSPS) is 21.4. The summed E-state index contributed by atoms with van der Waals surface area (Å²) in [6, 6.07) is 3.88. The fourth-order valence-corrected chi connectivity index (χ4v) is 3.14. The van der Waals surface area contributed by atoms with E-state index in [0.29, 0.717) is 18.3 Å². The summed E-state index contributed by atoms with van der Waals surface area (Å²) in [7, 11) is 1.61. The first kappa shape index (κ1) is 17.5. The van der Waals surface area contributed by atoms with Crippen LogP contribution in [0.4, 0.5) is 0 Å². The highest BCUT2D eigenvalue weighted by atomic mass is 16.5. The van der Waals surface area contributed by atoms with Crippen LogP contribution in [0.5, 0.6) is 5.88 Å². The Hall–Kier alpha value is -1.84. The van der Waals surface area contributed by atoms with Gasteiger partial charge in [-0.25, -0.2) is 4.98 Å². The molecule has 0 spiro atoms. The van der Waals surface area contributed by atoms with Gasteiger partial charge < -0.3 is 10.1 Å². The van der Waals surface area contributed by atoms with Gasteiger partial charge in [0.15, 0.2) is 0 Å². The molecule has 2 rings (SSSR count). The zero-order valence-corrected chi connectivity index (χ0v) is 14.8. The molecule has 1 aromatic heterocycles. The molecule has 1 fully saturated rings. The minimum Gasteiger partial charge on any atom is -0.481 e. The van der Waals surface area contributed by atoms with Crippen LogP contribution in [-0.2, 0) is 11.2 Å². The second-order valence-corrected chi connectivity index (χ2v) is 7.17. The maximum Gasteiger partial charge on any atom is 0.224 e. The molecule has 4 heteroatoms. The minimum absolute atomic E-state index is 0.0846. The topological polar surface area (TPSA) is 51.2 Å². The number of hydrogen-bond acceptors (Lipinski definition) is 3. The lowest BCUT2D eigenvalue weighted by atomic mass is 10.1. The van der Waals surface area contributed by atoms with Crippen molar-refractivity contribution in [3.63, 3.8) is 0 Å². The van der Waals surface area contributed by atoms with Crippen LogP contribution in [0.15, 0.2) is 30.0 Å². The van der Waals surface area contributed by atoms with Crippen LogP contribution >= 0.6 is 0 Å². The smallest absolute Gasteiger partial charge is 0.224 e. The van der Waals surface area contributed by atoms with Crippen LogP contribution in [0.3, 0.4) is 0 Å². The van der Waals surface area contributed by atoms with Crippen LogP contribution < -0.4 is 10.1 Å². The highest BCUT2D eigenvalue weighted by Crippen LogP contribution is 2.59. The molecule has 0 radical (unpaired) electrons. The van der Waals surface area contributed by atoms with Gasteiger partial charge in [0.25, 0.3) is 0 Å². The molecule has 0 aromatic carbocycles. The van der Waals surface area contributed by atoms with E-state index in [1.807, 2.05) is 18.3 Å². The van der Waals surface area contributed by atoms with Gasteiger partial charge in [-0.3, -0.25) is 4.79 Å². The standard InChI is InChI=1S/C19H28N2O2/c1-13(2)11-15-17(19(15,3)4)18(22)20-10-6-7-14-8-9-16(23-5)21-12-14/h8-9,11-12,15,17H,6-7,10H2,1-5H3,(H,20,22). The number of rotatable bonds is 7. The highest BCUT2D eigenvalue weighted by molar-refractivity contribution is 5.83. The van der Waals surface area contributed by atoms with E-state index in [2.05, 4.69) is 44.1 Å². The maximum absolute atomic E-state index is 12.3. The first-order valence-electron chi connectivity index (χ1n) is 8.28. The number of carbonyl (C=O) groups is 1. The molecule has 23 heavy (non-hydrogen) atoms. The summed E-state index contributed by atoms with van der Waals surface area (Å²) in [5.41, 5.74) is 2.53. The van der Waals surface area contributed by atoms with Gasteiger partial charge in [-0.1, -0.05) is 31.6 Å². The molecule has 0 bridgehead atoms. The van der Waals surface area contributed by atoms with Gasteiger partial charge in [-0.2, -0.15) is 0 Å². The average molecular weight is 316 g/mol. The maximum atomic E-state index is 12.3. The molecule has 0 aliphatic heterocycles. The predicted octanol–water partition coefficient (Wildman–Crippen LogP) is 3.38. The summed E-state index contributed by atoms with van der Waals surface area (Å²) in [6.45, 7) is 9.23. The largest absolute Gasteiger partial charge is 0.481 e. The molecule has 2 unspecified atom stereocenters. The minimum atomic E-state index is 0.0846. The molecule has 1 aliphatic rings. The Bertz CT molecular complexity index is 572. The fraction of sp³-hybridized carbons (Fsp3) is 0.579. The van der Waals surface area contributed by atoms with Crippen molar-refractivity contribution in [1.29, 1.82) is 0 Å². The number of pyridine rings is 1. The zero-order valence-electron chi connectivity index (χ0n) is 14.8. The second kappa shape index (κ2) is 7.16. The molecule has 1 aromatic rings. The molecule has 4 nitrogen and oxygen atoms in total. The van der Waals surface area contributed by atoms with Crippen molar-refractivity contribution in [2.45, 2.75) is 40.5 Å². The Morgan fingerprint density at radius 2 is 2.13 bits per heavy atom. The van der Waals surface area contributed by atoms with Crippen LogP contribution in [0.25, 0.3) is 0 Å². The monoisotopic (exact) mass is 316 g/mol. The lowest BCUT2D eigenvalue weighted by Gasteiger charge is -2.06. The summed E-state index contributed by atoms with van der Waals surface area (Å²) in [5, 5.41) is 3.08. The first-order chi connectivity index (χ1) is 10.9. The van der Waals surface area contributed by atoms with Crippen molar-refractivity contribution in [2.24, 2.45) is 17.3 Å². The molecular weight excluding hydrogens is 288 g/mol. The summed E-state index contributed by atoms with van der Waals surface area (Å²) >= 11 is 0. The molecule has 126 valence electrons. The summed E-state index contributed by atoms with van der Waals surface area (Å²) < 4.78 is 5.04. The third-order valence-electron chi connectivity index (χ3n) is 4.65. The van der Waals surface area contributed by atoms with E-state index in [-0.39, 0.29) is 17.2 Å². The van der Waals surface area contributed by atoms with Gasteiger partial charge in [-0.15, -0.1) is 0 Å². The first-order valence-corrected chi connectivity index (χ1v) is 8.28. The SMILES string of the molecule is COc1ccc(CCCNC(=O)C2C(C=C(C)C)C2(C)C)cn1. The Balaban J connectivity index is 1.74. The van der Waals surface area contributed by atoms with Gasteiger partial charge in [0.05, 0.1) is 13.0 Å². The van der Waals surface area contributed by atoms with Gasteiger partial charge >= 0.3 is 0 Å². The van der Waals surface area contributed by atoms with Crippen molar-refractivity contribution in [3.8, 4) is 5.88 Å². The van der Waals surface area contributed by atoms with E-state index < -0.39 is 0 Å². The van der Waals surface area contributed by atoms with E-state index in [9.17, 15) is 4.79 Å². The third-order valence-corrected chi connectivity index (χ3v) is 4.65. The summed E-state index contributed by atoms with van der Waals surface area (Å²) in [4.78, 5) is 16.5. The number of carbonyl (C=O) groups excluding carboxylic acids is 1. The third kappa shape index (κ3) is 4.34. The van der Waals surface area contributed by atoms with E-state index in [0.717, 1.165) is 18.4 Å². The fourth-order valence-electron chi connectivity index (χ4n) is 3.14. The van der Waals surface area contributed by atoms with Crippen molar-refractivity contribution in [1.82, 2.24) is 10.3 Å². The summed E-state index contributed by atoms with van der Waals surface area (Å²) in [5.74, 6) is 1.30. The van der Waals surface area contributed by atoms with Crippen LogP contribution in [0.1, 0.15) is 39.7 Å². The molecule has 0 saturated heterocycles. The van der Waals surface area contributed by atoms with Crippen molar-refractivity contribution in [2.75, 3.05) is 13.7 Å². The van der Waals surface area contributed by atoms with Crippen LogP contribution in [-0.4, -0.2) is 24.5 Å². The number of ether oxygens (including phenoxy) is 1. The van der Waals surface area contributed by atoms with E-state index >= 15 is 0 Å². The quantitative estimate of drug-likeness (QED) is 0.620. The average Bonchev–Trinajstić information content (AvgIpc) is 3.04. The number of hydrogen-bond donors (Lipinski definition) is 1. The molecule has 1 amide bonds. The van der Waals surface area contributed by atoms with Gasteiger partial charge in [-0.05, 0) is 43.6 Å². The molecule has 2 atom stereocenters. The number of allylic oxidation sites excluding steroid dienone is 2. The van der Waals surface area contributed by atoms with E-state index in [1.54, 1.807) is 7.11 Å². The number of amides is 1. The Kier molecular flexibility index (Phi) is 5.45. The van der Waals surface area contributed by atoms with Gasteiger partial charge in [0.1, 0.15) is 0 Å². The number of aryl methyl sites for hydroxylation is 1. The predicted molar refractivity (Wildman–Crippen MR) is 92.3 cm³/mol. The number of nitrogens with one attached hydrogen (secondary N) is 1. The van der Waals surface area contributed by atoms with Crippen molar-refractivity contribution in [3.05, 3.63) is 35.5 Å². The Labute approximate surface area is 139 Å². The highest BCUT2D eigenvalue weighted by Gasteiger charge is 2.60.